The molecule has 3 N–H and O–H groups in total. The largest absolute Gasteiger partial charge is 0.462 e. The lowest BCUT2D eigenvalue weighted by molar-refractivity contribution is -0.384. The third-order valence-corrected chi connectivity index (χ3v) is 3.57. The van der Waals surface area contributed by atoms with Gasteiger partial charge in [0, 0.05) is 22.9 Å². The molecule has 0 atom stereocenters. The first-order chi connectivity index (χ1) is 11.8. The fourth-order valence-electron chi connectivity index (χ4n) is 2.57. The van der Waals surface area contributed by atoms with Gasteiger partial charge in [-0.15, -0.1) is 0 Å². The molecule has 25 heavy (non-hydrogen) atoms. The third kappa shape index (κ3) is 2.49. The molecule has 1 aromatic carbocycles. The zero-order chi connectivity index (χ0) is 18.3. The topological polar surface area (TPSA) is 159 Å². The van der Waals surface area contributed by atoms with Gasteiger partial charge in [0.1, 0.15) is 22.4 Å². The molecule has 128 valence electrons. The van der Waals surface area contributed by atoms with Gasteiger partial charge in [-0.05, 0) is 13.0 Å². The van der Waals surface area contributed by atoms with E-state index in [2.05, 4.69) is 4.98 Å². The van der Waals surface area contributed by atoms with E-state index in [1.54, 1.807) is 6.92 Å². The number of fused-ring (bicyclic) bond motifs is 3. The number of carbonyl (C=O) groups excluding carboxylic acids is 1. The highest BCUT2D eigenvalue weighted by molar-refractivity contribution is 6.17. The molecule has 0 aliphatic heterocycles. The highest BCUT2D eigenvalue weighted by atomic mass is 16.6. The van der Waals surface area contributed by atoms with Crippen molar-refractivity contribution >= 4 is 39.2 Å². The molecule has 10 nitrogen and oxygen atoms in total. The van der Waals surface area contributed by atoms with Crippen LogP contribution >= 0.6 is 0 Å². The van der Waals surface area contributed by atoms with E-state index < -0.39 is 27.5 Å². The van der Waals surface area contributed by atoms with Crippen molar-refractivity contribution in [2.24, 2.45) is 0 Å². The molecule has 0 saturated heterocycles. The van der Waals surface area contributed by atoms with E-state index in [0.717, 1.165) is 12.1 Å². The molecule has 2 heterocycles. The van der Waals surface area contributed by atoms with E-state index in [0.29, 0.717) is 0 Å². The van der Waals surface area contributed by atoms with Crippen LogP contribution in [-0.4, -0.2) is 22.5 Å². The van der Waals surface area contributed by atoms with E-state index >= 15 is 0 Å². The number of nitrogens with two attached hydrogens (primary N) is 1. The van der Waals surface area contributed by atoms with Crippen LogP contribution in [0.2, 0.25) is 0 Å². The summed E-state index contributed by atoms with van der Waals surface area (Å²) in [5, 5.41) is 10.5. The number of nitrogens with one attached hydrogen (secondary N) is 1. The van der Waals surface area contributed by atoms with Crippen LogP contribution < -0.4 is 16.9 Å². The summed E-state index contributed by atoms with van der Waals surface area (Å²) in [6.07, 6.45) is 0. The van der Waals surface area contributed by atoms with Crippen LogP contribution in [-0.2, 0) is 4.74 Å². The molecule has 0 amide bonds. The van der Waals surface area contributed by atoms with Gasteiger partial charge in [0.05, 0.1) is 11.5 Å². The molecule has 0 fully saturated rings. The molecular weight excluding hydrogens is 334 g/mol. The second-order valence-electron chi connectivity index (χ2n) is 5.04. The number of rotatable bonds is 3. The van der Waals surface area contributed by atoms with E-state index in [1.807, 2.05) is 0 Å². The van der Waals surface area contributed by atoms with Crippen LogP contribution in [0.1, 0.15) is 17.3 Å². The number of hydrogen-bond acceptors (Lipinski definition) is 8. The maximum absolute atomic E-state index is 12.3. The molecule has 0 spiro atoms. The van der Waals surface area contributed by atoms with Crippen molar-refractivity contribution in [3.8, 4) is 0 Å². The number of ether oxygens (including phenoxy) is 1. The van der Waals surface area contributed by atoms with Crippen molar-refractivity contribution < 1.29 is 18.9 Å². The Morgan fingerprint density at radius 3 is 2.72 bits per heavy atom. The highest BCUT2D eigenvalue weighted by Crippen LogP contribution is 2.30. The van der Waals surface area contributed by atoms with Gasteiger partial charge >= 0.3 is 11.6 Å². The van der Waals surface area contributed by atoms with Crippen molar-refractivity contribution in [3.63, 3.8) is 0 Å². The quantitative estimate of drug-likeness (QED) is 0.236. The first kappa shape index (κ1) is 16.2. The van der Waals surface area contributed by atoms with Crippen molar-refractivity contribution in [1.29, 1.82) is 0 Å². The highest BCUT2D eigenvalue weighted by Gasteiger charge is 2.24. The Morgan fingerprint density at radius 1 is 1.36 bits per heavy atom. The Morgan fingerprint density at radius 2 is 2.08 bits per heavy atom. The lowest BCUT2D eigenvalue weighted by Crippen LogP contribution is -2.21. The van der Waals surface area contributed by atoms with Gasteiger partial charge in [-0.2, -0.15) is 0 Å². The minimum Gasteiger partial charge on any atom is -0.462 e. The Bertz CT molecular complexity index is 1160. The number of aromatic nitrogens is 1. The van der Waals surface area contributed by atoms with Crippen LogP contribution in [0.4, 0.5) is 11.5 Å². The number of nitrogens with zero attached hydrogens (tertiary/aromatic N) is 1. The van der Waals surface area contributed by atoms with Gasteiger partial charge in [0.15, 0.2) is 0 Å². The Kier molecular flexibility index (Phi) is 3.72. The van der Waals surface area contributed by atoms with E-state index in [9.17, 15) is 24.5 Å². The molecule has 0 aliphatic carbocycles. The summed E-state index contributed by atoms with van der Waals surface area (Å²) in [4.78, 5) is 49.1. The average molecular weight is 345 g/mol. The predicted octanol–water partition coefficient (Wildman–Crippen LogP) is 1.30. The summed E-state index contributed by atoms with van der Waals surface area (Å²) in [6.45, 7) is 1.59. The molecule has 0 unspecified atom stereocenters. The standard InChI is InChI=1S/C15H11N3O7/c1-2-24-14(20)10-9-7-5-6(18(22)23)3-4-8(7)25-15(21)11(9)13(19)17-12(10)16/h3-5H,2H2,1H3,(H3,16,17,19). The van der Waals surface area contributed by atoms with Crippen molar-refractivity contribution in [1.82, 2.24) is 4.98 Å². The van der Waals surface area contributed by atoms with Gasteiger partial charge in [-0.3, -0.25) is 14.9 Å². The first-order valence-corrected chi connectivity index (χ1v) is 7.09. The molecule has 0 saturated carbocycles. The molecule has 2 aromatic heterocycles. The number of benzene rings is 1. The molecule has 10 heteroatoms. The summed E-state index contributed by atoms with van der Waals surface area (Å²) >= 11 is 0. The number of nitrogen functional groups attached to an aromatic ring is 1. The number of nitro benzene ring substituents is 1. The number of aromatic amines is 1. The smallest absolute Gasteiger partial charge is 0.349 e. The van der Waals surface area contributed by atoms with Gasteiger partial charge in [0.25, 0.3) is 11.2 Å². The summed E-state index contributed by atoms with van der Waals surface area (Å²) < 4.78 is 9.95. The number of esters is 1. The fourth-order valence-corrected chi connectivity index (χ4v) is 2.57. The number of non-ortho nitro benzene ring substituents is 1. The first-order valence-electron chi connectivity index (χ1n) is 7.09. The summed E-state index contributed by atoms with van der Waals surface area (Å²) in [5.74, 6) is -1.19. The maximum atomic E-state index is 12.3. The van der Waals surface area contributed by atoms with E-state index in [-0.39, 0.29) is 40.0 Å². The second kappa shape index (κ2) is 5.74. The summed E-state index contributed by atoms with van der Waals surface area (Å²) in [7, 11) is 0. The van der Waals surface area contributed by atoms with Crippen LogP contribution in [0.25, 0.3) is 21.7 Å². The number of nitro groups is 1. The maximum Gasteiger partial charge on any atom is 0.349 e. The number of hydrogen-bond donors (Lipinski definition) is 2. The van der Waals surface area contributed by atoms with Gasteiger partial charge < -0.3 is 19.9 Å². The van der Waals surface area contributed by atoms with E-state index in [1.165, 1.54) is 6.07 Å². The minimum absolute atomic E-state index is 0.0262. The molecule has 0 aliphatic rings. The predicted molar refractivity (Wildman–Crippen MR) is 87.6 cm³/mol. The summed E-state index contributed by atoms with van der Waals surface area (Å²) in [5.41, 5.74) is 3.27. The average Bonchev–Trinajstić information content (AvgIpc) is 2.54. The minimum atomic E-state index is -0.997. The molecule has 0 bridgehead atoms. The zero-order valence-electron chi connectivity index (χ0n) is 12.8. The Labute approximate surface area is 138 Å². The number of carbonyl (C=O) groups is 1. The molecule has 0 radical (unpaired) electrons. The second-order valence-corrected chi connectivity index (χ2v) is 5.04. The lowest BCUT2D eigenvalue weighted by atomic mass is 10.0. The van der Waals surface area contributed by atoms with Gasteiger partial charge in [0.2, 0.25) is 0 Å². The van der Waals surface area contributed by atoms with Crippen molar-refractivity contribution in [3.05, 3.63) is 54.7 Å². The van der Waals surface area contributed by atoms with Gasteiger partial charge in [-0.1, -0.05) is 0 Å². The number of H-pyrrole nitrogens is 1. The Balaban J connectivity index is 2.62. The van der Waals surface area contributed by atoms with Crippen LogP contribution in [0.5, 0.6) is 0 Å². The lowest BCUT2D eigenvalue weighted by Gasteiger charge is -2.10. The van der Waals surface area contributed by atoms with Gasteiger partial charge in [-0.25, -0.2) is 9.59 Å². The molecule has 3 aromatic rings. The van der Waals surface area contributed by atoms with Crippen molar-refractivity contribution in [2.75, 3.05) is 12.3 Å². The third-order valence-electron chi connectivity index (χ3n) is 3.57. The molecular formula is C15H11N3O7. The van der Waals surface area contributed by atoms with Crippen LogP contribution in [0.3, 0.4) is 0 Å². The number of pyridine rings is 1. The SMILES string of the molecule is CCOC(=O)c1c(N)[nH]c(=O)c2c(=O)oc3ccc([N+](=O)[O-])cc3c12. The normalized spacial score (nSPS) is 10.9. The summed E-state index contributed by atoms with van der Waals surface area (Å²) in [6, 6.07) is 3.44. The zero-order valence-corrected chi connectivity index (χ0v) is 12.8. The van der Waals surface area contributed by atoms with Crippen molar-refractivity contribution in [2.45, 2.75) is 6.92 Å². The Hall–Kier alpha value is -3.69. The monoisotopic (exact) mass is 345 g/mol. The van der Waals surface area contributed by atoms with Crippen LogP contribution in [0.15, 0.2) is 32.2 Å². The number of anilines is 1. The fraction of sp³-hybridized carbons (Fsp3) is 0.133. The van der Waals surface area contributed by atoms with Crippen LogP contribution in [0, 0.1) is 10.1 Å². The van der Waals surface area contributed by atoms with E-state index in [4.69, 9.17) is 14.9 Å². The molecule has 3 rings (SSSR count).